The molecule has 0 aliphatic carbocycles. The highest BCUT2D eigenvalue weighted by atomic mass is 32.1. The van der Waals surface area contributed by atoms with Crippen molar-refractivity contribution in [2.24, 2.45) is 0 Å². The van der Waals surface area contributed by atoms with Gasteiger partial charge in [-0.25, -0.2) is 15.0 Å². The van der Waals surface area contributed by atoms with Crippen molar-refractivity contribution in [1.29, 1.82) is 0 Å². The molecule has 4 aromatic carbocycles. The highest BCUT2D eigenvalue weighted by Crippen LogP contribution is 2.39. The fraction of sp³-hybridized carbons (Fsp3) is 0. The second-order valence-corrected chi connectivity index (χ2v) is 11.3. The van der Waals surface area contributed by atoms with Crippen molar-refractivity contribution < 1.29 is 0 Å². The van der Waals surface area contributed by atoms with Gasteiger partial charge in [0.15, 0.2) is 17.5 Å². The average molecular weight is 570 g/mol. The van der Waals surface area contributed by atoms with E-state index in [2.05, 4.69) is 65.6 Å². The topological polar surface area (TPSA) is 64.5 Å². The van der Waals surface area contributed by atoms with E-state index in [4.69, 9.17) is 19.9 Å². The summed E-state index contributed by atoms with van der Waals surface area (Å²) in [6.07, 6.45) is 5.63. The third-order valence-corrected chi connectivity index (χ3v) is 8.67. The summed E-state index contributed by atoms with van der Waals surface area (Å²) in [5.74, 6) is 1.94. The molecule has 0 atom stereocenters. The minimum Gasteiger partial charge on any atom is -0.264 e. The summed E-state index contributed by atoms with van der Waals surface area (Å²) in [5.41, 5.74) is 8.36. The first-order chi connectivity index (χ1) is 21.3. The second kappa shape index (κ2) is 10.7. The Hall–Kier alpha value is -5.59. The third-order valence-electron chi connectivity index (χ3n) is 7.48. The van der Waals surface area contributed by atoms with Gasteiger partial charge in [-0.3, -0.25) is 9.97 Å². The van der Waals surface area contributed by atoms with Crippen molar-refractivity contribution in [3.05, 3.63) is 140 Å². The van der Waals surface area contributed by atoms with Crippen LogP contribution < -0.4 is 0 Å². The van der Waals surface area contributed by atoms with Gasteiger partial charge in [-0.1, -0.05) is 97.1 Å². The molecular weight excluding hydrogens is 547 g/mol. The number of hydrogen-bond donors (Lipinski definition) is 0. The van der Waals surface area contributed by atoms with Gasteiger partial charge in [0.1, 0.15) is 0 Å². The zero-order valence-corrected chi connectivity index (χ0v) is 23.7. The smallest absolute Gasteiger partial charge is 0.164 e. The first-order valence-electron chi connectivity index (χ1n) is 14.0. The van der Waals surface area contributed by atoms with Gasteiger partial charge in [-0.15, -0.1) is 11.3 Å². The van der Waals surface area contributed by atoms with E-state index in [1.807, 2.05) is 79.3 Å². The van der Waals surface area contributed by atoms with E-state index < -0.39 is 0 Å². The van der Waals surface area contributed by atoms with Gasteiger partial charge in [-0.2, -0.15) is 0 Å². The summed E-state index contributed by atoms with van der Waals surface area (Å²) < 4.78 is 2.36. The molecule has 4 heterocycles. The van der Waals surface area contributed by atoms with Crippen LogP contribution in [0.1, 0.15) is 0 Å². The minimum atomic E-state index is 0.639. The molecule has 8 aromatic rings. The number of benzene rings is 4. The van der Waals surface area contributed by atoms with Crippen LogP contribution in [0.3, 0.4) is 0 Å². The summed E-state index contributed by atoms with van der Waals surface area (Å²) in [6, 6.07) is 41.3. The van der Waals surface area contributed by atoms with Crippen LogP contribution in [0, 0.1) is 0 Å². The summed E-state index contributed by atoms with van der Waals surface area (Å²) in [6.45, 7) is 0. The van der Waals surface area contributed by atoms with Crippen LogP contribution in [0.4, 0.5) is 0 Å². The molecule has 0 spiro atoms. The SMILES string of the molecule is c1ccc(-c2nc(-c3ccccc3)nc(-c3cccc(-c4cccc(-c5ccnc6c5sc5ccncc56)c4)c3)n2)cc1. The standard InChI is InChI=1S/C37H23N5S/c1-3-9-24(10-4-1)35-40-36(25-11-5-2-6-12-25)42-37(41-35)29-16-8-14-27(22-29)26-13-7-15-28(21-26)30-17-20-39-33-31-23-38-19-18-32(31)43-34(30)33/h1-23H. The maximum absolute atomic E-state index is 4.92. The molecule has 0 amide bonds. The molecule has 5 nitrogen and oxygen atoms in total. The molecule has 0 saturated heterocycles. The summed E-state index contributed by atoms with van der Waals surface area (Å²) in [7, 11) is 0. The highest BCUT2D eigenvalue weighted by Gasteiger charge is 2.14. The highest BCUT2D eigenvalue weighted by molar-refractivity contribution is 7.26. The largest absolute Gasteiger partial charge is 0.264 e. The summed E-state index contributed by atoms with van der Waals surface area (Å²) in [4.78, 5) is 23.7. The number of thiophene rings is 1. The molecule has 0 unspecified atom stereocenters. The lowest BCUT2D eigenvalue weighted by atomic mass is 9.98. The van der Waals surface area contributed by atoms with Crippen LogP contribution in [0.15, 0.2) is 140 Å². The van der Waals surface area contributed by atoms with Gasteiger partial charge in [0.05, 0.1) is 10.2 Å². The Bertz CT molecular complexity index is 2190. The van der Waals surface area contributed by atoms with E-state index in [9.17, 15) is 0 Å². The molecule has 0 N–H and O–H groups in total. The van der Waals surface area contributed by atoms with Gasteiger partial charge in [-0.05, 0) is 41.0 Å². The molecule has 8 rings (SSSR count). The lowest BCUT2D eigenvalue weighted by molar-refractivity contribution is 1.07. The first kappa shape index (κ1) is 25.1. The Morgan fingerprint density at radius 1 is 0.465 bits per heavy atom. The van der Waals surface area contributed by atoms with Crippen LogP contribution in [0.5, 0.6) is 0 Å². The van der Waals surface area contributed by atoms with Crippen molar-refractivity contribution in [1.82, 2.24) is 24.9 Å². The van der Waals surface area contributed by atoms with Crippen molar-refractivity contribution in [2.75, 3.05) is 0 Å². The van der Waals surface area contributed by atoms with Gasteiger partial charge in [0.2, 0.25) is 0 Å². The van der Waals surface area contributed by atoms with Crippen molar-refractivity contribution in [2.45, 2.75) is 0 Å². The van der Waals surface area contributed by atoms with Gasteiger partial charge in [0, 0.05) is 50.9 Å². The van der Waals surface area contributed by atoms with E-state index in [1.54, 1.807) is 11.3 Å². The molecule has 0 radical (unpaired) electrons. The number of aromatic nitrogens is 5. The minimum absolute atomic E-state index is 0.639. The molecule has 6 heteroatoms. The van der Waals surface area contributed by atoms with E-state index in [0.717, 1.165) is 44.3 Å². The third kappa shape index (κ3) is 4.74. The van der Waals surface area contributed by atoms with Crippen molar-refractivity contribution in [3.8, 4) is 56.4 Å². The zero-order valence-electron chi connectivity index (χ0n) is 22.9. The first-order valence-corrected chi connectivity index (χ1v) is 14.8. The quantitative estimate of drug-likeness (QED) is 0.207. The van der Waals surface area contributed by atoms with E-state index in [1.165, 1.54) is 15.0 Å². The van der Waals surface area contributed by atoms with Crippen LogP contribution in [-0.4, -0.2) is 24.9 Å². The Morgan fingerprint density at radius 2 is 1.02 bits per heavy atom. The van der Waals surface area contributed by atoms with Crippen LogP contribution >= 0.6 is 11.3 Å². The molecule has 0 aliphatic heterocycles. The number of hydrogen-bond acceptors (Lipinski definition) is 6. The monoisotopic (exact) mass is 569 g/mol. The van der Waals surface area contributed by atoms with Gasteiger partial charge >= 0.3 is 0 Å². The summed E-state index contributed by atoms with van der Waals surface area (Å²) >= 11 is 1.76. The maximum Gasteiger partial charge on any atom is 0.164 e. The number of fused-ring (bicyclic) bond motifs is 3. The number of pyridine rings is 2. The van der Waals surface area contributed by atoms with Crippen LogP contribution in [0.25, 0.3) is 76.7 Å². The van der Waals surface area contributed by atoms with E-state index >= 15 is 0 Å². The molecule has 202 valence electrons. The predicted octanol–water partition coefficient (Wildman–Crippen LogP) is 9.36. The van der Waals surface area contributed by atoms with E-state index in [-0.39, 0.29) is 0 Å². The average Bonchev–Trinajstić information content (AvgIpc) is 3.48. The predicted molar refractivity (Wildman–Crippen MR) is 175 cm³/mol. The Kier molecular flexibility index (Phi) is 6.24. The lowest BCUT2D eigenvalue weighted by Crippen LogP contribution is -2.00. The molecule has 43 heavy (non-hydrogen) atoms. The fourth-order valence-corrected chi connectivity index (χ4v) is 6.53. The molecular formula is C37H23N5S. The number of nitrogens with zero attached hydrogens (tertiary/aromatic N) is 5. The van der Waals surface area contributed by atoms with E-state index in [0.29, 0.717) is 17.5 Å². The van der Waals surface area contributed by atoms with Gasteiger partial charge < -0.3 is 0 Å². The normalized spacial score (nSPS) is 11.3. The van der Waals surface area contributed by atoms with Crippen LogP contribution in [-0.2, 0) is 0 Å². The van der Waals surface area contributed by atoms with Crippen molar-refractivity contribution >= 4 is 31.6 Å². The molecule has 4 aromatic heterocycles. The van der Waals surface area contributed by atoms with Crippen molar-refractivity contribution in [3.63, 3.8) is 0 Å². The molecule has 0 saturated carbocycles. The molecule has 0 fully saturated rings. The fourth-order valence-electron chi connectivity index (χ4n) is 5.37. The summed E-state index contributed by atoms with van der Waals surface area (Å²) in [5, 5.41) is 1.09. The molecule has 0 aliphatic rings. The lowest BCUT2D eigenvalue weighted by Gasteiger charge is -2.10. The Labute approximate surface area is 252 Å². The van der Waals surface area contributed by atoms with Crippen LogP contribution in [0.2, 0.25) is 0 Å². The van der Waals surface area contributed by atoms with Gasteiger partial charge in [0.25, 0.3) is 0 Å². The molecule has 0 bridgehead atoms. The second-order valence-electron chi connectivity index (χ2n) is 10.2. The Balaban J connectivity index is 1.22. The zero-order chi connectivity index (χ0) is 28.6. The Morgan fingerprint density at radius 3 is 1.70 bits per heavy atom. The maximum atomic E-state index is 4.92. The number of rotatable bonds is 5.